The maximum atomic E-state index is 2.39. The van der Waals surface area contributed by atoms with Gasteiger partial charge in [0.15, 0.2) is 0 Å². The predicted molar refractivity (Wildman–Crippen MR) is 286 cm³/mol. The van der Waals surface area contributed by atoms with Crippen LogP contribution in [-0.2, 0) is 0 Å². The lowest BCUT2D eigenvalue weighted by Gasteiger charge is -2.26. The molecule has 0 spiro atoms. The molecule has 0 N–H and O–H groups in total. The summed E-state index contributed by atoms with van der Waals surface area (Å²) in [6.07, 6.45) is 0. The predicted octanol–water partition coefficient (Wildman–Crippen LogP) is 18.8. The van der Waals surface area contributed by atoms with E-state index in [1.165, 1.54) is 108 Å². The SMILES string of the molecule is c1cc(-c2cccc(N(c3ccc(-c4ccc5sc6ccccc6c5c4)cc3)c3ccc(-c4ccc5c6ccccc6c6ccccc6c5c4)cc3)c2)cc(-c2cccc3ccccc23)c1. The Balaban J connectivity index is 0.905. The van der Waals surface area contributed by atoms with Gasteiger partial charge in [0.2, 0.25) is 0 Å². The fourth-order valence-corrected chi connectivity index (χ4v) is 11.3. The third-order valence-corrected chi connectivity index (χ3v) is 14.6. The van der Waals surface area contributed by atoms with Crippen LogP contribution in [0.2, 0.25) is 0 Å². The Labute approximate surface area is 387 Å². The first-order valence-electron chi connectivity index (χ1n) is 22.6. The van der Waals surface area contributed by atoms with Crippen molar-refractivity contribution in [2.24, 2.45) is 0 Å². The second-order valence-corrected chi connectivity index (χ2v) is 18.3. The van der Waals surface area contributed by atoms with E-state index in [2.05, 4.69) is 254 Å². The van der Waals surface area contributed by atoms with E-state index >= 15 is 0 Å². The fourth-order valence-electron chi connectivity index (χ4n) is 10.2. The Morgan fingerprint density at radius 3 is 1.38 bits per heavy atom. The van der Waals surface area contributed by atoms with Crippen molar-refractivity contribution in [1.82, 2.24) is 0 Å². The van der Waals surface area contributed by atoms with Crippen molar-refractivity contribution in [3.8, 4) is 44.5 Å². The largest absolute Gasteiger partial charge is 0.310 e. The van der Waals surface area contributed by atoms with E-state index in [0.29, 0.717) is 0 Å². The highest BCUT2D eigenvalue weighted by Gasteiger charge is 2.17. The van der Waals surface area contributed by atoms with Crippen molar-refractivity contribution in [2.75, 3.05) is 4.90 Å². The maximum absolute atomic E-state index is 2.39. The zero-order chi connectivity index (χ0) is 43.6. The molecule has 0 aliphatic heterocycles. The smallest absolute Gasteiger partial charge is 0.0467 e. The van der Waals surface area contributed by atoms with Crippen LogP contribution in [-0.4, -0.2) is 0 Å². The third-order valence-electron chi connectivity index (χ3n) is 13.4. The second-order valence-electron chi connectivity index (χ2n) is 17.2. The Bertz CT molecular complexity index is 3950. The van der Waals surface area contributed by atoms with Gasteiger partial charge in [0.25, 0.3) is 0 Å². The molecule has 308 valence electrons. The molecule has 0 fully saturated rings. The average molecular weight is 856 g/mol. The van der Waals surface area contributed by atoms with E-state index < -0.39 is 0 Å². The monoisotopic (exact) mass is 855 g/mol. The molecule has 66 heavy (non-hydrogen) atoms. The van der Waals surface area contributed by atoms with Crippen molar-refractivity contribution >= 4 is 91.7 Å². The molecule has 13 aromatic rings. The lowest BCUT2D eigenvalue weighted by atomic mass is 9.92. The van der Waals surface area contributed by atoms with E-state index in [0.717, 1.165) is 17.1 Å². The van der Waals surface area contributed by atoms with Gasteiger partial charge in [0.1, 0.15) is 0 Å². The lowest BCUT2D eigenvalue weighted by Crippen LogP contribution is -2.10. The summed E-state index contributed by atoms with van der Waals surface area (Å²) in [6.45, 7) is 0. The van der Waals surface area contributed by atoms with Crippen molar-refractivity contribution < 1.29 is 0 Å². The highest BCUT2D eigenvalue weighted by Crippen LogP contribution is 2.42. The summed E-state index contributed by atoms with van der Waals surface area (Å²) in [5.74, 6) is 0. The first-order chi connectivity index (χ1) is 32.7. The fraction of sp³-hybridized carbons (Fsp3) is 0. The summed E-state index contributed by atoms with van der Waals surface area (Å²) in [4.78, 5) is 2.39. The summed E-state index contributed by atoms with van der Waals surface area (Å²) >= 11 is 1.86. The number of thiophene rings is 1. The minimum atomic E-state index is 1.09. The normalized spacial score (nSPS) is 11.6. The molecule has 1 heterocycles. The molecular formula is C64H41NS. The first-order valence-corrected chi connectivity index (χ1v) is 23.5. The van der Waals surface area contributed by atoms with Gasteiger partial charge in [-0.05, 0) is 154 Å². The minimum Gasteiger partial charge on any atom is -0.310 e. The minimum absolute atomic E-state index is 1.09. The van der Waals surface area contributed by atoms with E-state index in [4.69, 9.17) is 0 Å². The van der Waals surface area contributed by atoms with Gasteiger partial charge in [0.05, 0.1) is 0 Å². The van der Waals surface area contributed by atoms with Gasteiger partial charge in [-0.25, -0.2) is 0 Å². The lowest BCUT2D eigenvalue weighted by molar-refractivity contribution is 1.28. The number of hydrogen-bond acceptors (Lipinski definition) is 2. The van der Waals surface area contributed by atoms with Crippen molar-refractivity contribution in [2.45, 2.75) is 0 Å². The molecule has 12 aromatic carbocycles. The maximum Gasteiger partial charge on any atom is 0.0467 e. The molecule has 2 heteroatoms. The number of anilines is 3. The van der Waals surface area contributed by atoms with Crippen LogP contribution in [0.15, 0.2) is 249 Å². The van der Waals surface area contributed by atoms with Crippen LogP contribution >= 0.6 is 11.3 Å². The molecule has 0 bridgehead atoms. The number of fused-ring (bicyclic) bond motifs is 10. The highest BCUT2D eigenvalue weighted by atomic mass is 32.1. The summed E-state index contributed by atoms with van der Waals surface area (Å²) in [7, 11) is 0. The summed E-state index contributed by atoms with van der Waals surface area (Å²) < 4.78 is 2.64. The van der Waals surface area contributed by atoms with Crippen molar-refractivity contribution in [3.63, 3.8) is 0 Å². The Morgan fingerprint density at radius 1 is 0.227 bits per heavy atom. The molecular weight excluding hydrogens is 815 g/mol. The molecule has 1 nitrogen and oxygen atoms in total. The molecule has 0 atom stereocenters. The van der Waals surface area contributed by atoms with Crippen LogP contribution in [0.1, 0.15) is 0 Å². The summed E-state index contributed by atoms with van der Waals surface area (Å²) in [6, 6.07) is 91.5. The van der Waals surface area contributed by atoms with Gasteiger partial charge in [-0.2, -0.15) is 0 Å². The molecule has 0 saturated heterocycles. The average Bonchev–Trinajstić information content (AvgIpc) is 3.77. The topological polar surface area (TPSA) is 3.24 Å². The zero-order valence-corrected chi connectivity index (χ0v) is 36.8. The molecule has 0 aliphatic rings. The Morgan fingerprint density at radius 2 is 0.682 bits per heavy atom. The Hall–Kier alpha value is -8.30. The van der Waals surface area contributed by atoms with Crippen LogP contribution in [0.5, 0.6) is 0 Å². The van der Waals surface area contributed by atoms with Crippen molar-refractivity contribution in [3.05, 3.63) is 249 Å². The summed E-state index contributed by atoms with van der Waals surface area (Å²) in [5, 5.41) is 12.9. The Kier molecular flexibility index (Phi) is 9.11. The molecule has 0 amide bonds. The molecule has 13 rings (SSSR count). The number of benzene rings is 12. The van der Waals surface area contributed by atoms with Gasteiger partial charge in [-0.15, -0.1) is 11.3 Å². The van der Waals surface area contributed by atoms with Crippen LogP contribution < -0.4 is 4.90 Å². The van der Waals surface area contributed by atoms with Crippen LogP contribution in [0.4, 0.5) is 17.1 Å². The molecule has 0 unspecified atom stereocenters. The highest BCUT2D eigenvalue weighted by molar-refractivity contribution is 7.25. The number of rotatable bonds is 7. The molecule has 0 saturated carbocycles. The van der Waals surface area contributed by atoms with E-state index in [9.17, 15) is 0 Å². The standard InChI is InChI=1S/C64H41NS/c1-2-18-53-44(12-1)13-11-24-54(53)49-16-9-14-45(38-49)46-15-10-17-52(39-46)65(51-34-28-43(29-35-51)48-31-37-64-62(41-48)60-23-7-8-25-63(60)66-64)50-32-26-42(27-33-50)47-30-36-59-57-21-4-3-19-55(57)56-20-5-6-22-58(56)61(59)40-47/h1-41H. The van der Waals surface area contributed by atoms with Gasteiger partial charge in [-0.1, -0.05) is 182 Å². The number of hydrogen-bond donors (Lipinski definition) is 0. The molecule has 0 aliphatic carbocycles. The van der Waals surface area contributed by atoms with E-state index in [1.807, 2.05) is 11.3 Å². The molecule has 0 radical (unpaired) electrons. The van der Waals surface area contributed by atoms with Crippen LogP contribution in [0, 0.1) is 0 Å². The van der Waals surface area contributed by atoms with Gasteiger partial charge >= 0.3 is 0 Å². The van der Waals surface area contributed by atoms with Gasteiger partial charge < -0.3 is 4.90 Å². The first kappa shape index (κ1) is 38.2. The van der Waals surface area contributed by atoms with E-state index in [1.54, 1.807) is 0 Å². The molecule has 1 aromatic heterocycles. The van der Waals surface area contributed by atoms with Gasteiger partial charge in [-0.3, -0.25) is 0 Å². The second kappa shape index (κ2) is 15.7. The quantitative estimate of drug-likeness (QED) is 0.144. The van der Waals surface area contributed by atoms with Crippen LogP contribution in [0.3, 0.4) is 0 Å². The number of nitrogens with zero attached hydrogens (tertiary/aromatic N) is 1. The van der Waals surface area contributed by atoms with Crippen molar-refractivity contribution in [1.29, 1.82) is 0 Å². The van der Waals surface area contributed by atoms with Gasteiger partial charge in [0, 0.05) is 37.2 Å². The van der Waals surface area contributed by atoms with Crippen LogP contribution in [0.25, 0.3) is 108 Å². The summed E-state index contributed by atoms with van der Waals surface area (Å²) in [5.41, 5.74) is 12.9. The third kappa shape index (κ3) is 6.53. The zero-order valence-electron chi connectivity index (χ0n) is 36.0. The van der Waals surface area contributed by atoms with E-state index in [-0.39, 0.29) is 0 Å².